The fourth-order valence-electron chi connectivity index (χ4n) is 4.58. The maximum atomic E-state index is 12.9. The van der Waals surface area contributed by atoms with E-state index in [9.17, 15) is 9.90 Å². The van der Waals surface area contributed by atoms with Gasteiger partial charge in [0.1, 0.15) is 6.61 Å². The van der Waals surface area contributed by atoms with Gasteiger partial charge < -0.3 is 14.6 Å². The predicted octanol–water partition coefficient (Wildman–Crippen LogP) is 3.62. The molecule has 1 amide bonds. The molecular weight excluding hydrogens is 394 g/mol. The molecule has 2 heterocycles. The number of amides is 1. The molecule has 0 aromatic heterocycles. The Morgan fingerprint density at radius 3 is 2.23 bits per heavy atom. The number of carbonyl (C=O) groups is 1. The molecule has 2 aliphatic rings. The standard InChI is InChI=1S/C24H31NO4Si/c1-30(2,3)22-11-9-19(10-12-22)24(27)13-20-16-28-17-21(14-24)25(20)23(26)29-15-18-7-5-4-6-8-18/h4-12,20-21,27H,13-17H2,1-3H3. The van der Waals surface area contributed by atoms with Crippen LogP contribution in [0.2, 0.25) is 19.6 Å². The van der Waals surface area contributed by atoms with Crippen molar-refractivity contribution < 1.29 is 19.4 Å². The first kappa shape index (κ1) is 21.1. The third kappa shape index (κ3) is 4.31. The molecule has 4 rings (SSSR count). The van der Waals surface area contributed by atoms with Gasteiger partial charge in [-0.2, -0.15) is 0 Å². The summed E-state index contributed by atoms with van der Waals surface area (Å²) in [5.41, 5.74) is 0.940. The van der Waals surface area contributed by atoms with Crippen LogP contribution in [0.5, 0.6) is 0 Å². The maximum Gasteiger partial charge on any atom is 0.410 e. The van der Waals surface area contributed by atoms with E-state index in [1.165, 1.54) is 5.19 Å². The SMILES string of the molecule is C[Si](C)(C)c1ccc(C2(O)CC3COCC(C2)N3C(=O)OCc2ccccc2)cc1. The molecule has 2 fully saturated rings. The summed E-state index contributed by atoms with van der Waals surface area (Å²) in [5.74, 6) is 0. The number of carbonyl (C=O) groups excluding carboxylic acids is 1. The van der Waals surface area contributed by atoms with Crippen LogP contribution in [0.25, 0.3) is 0 Å². The van der Waals surface area contributed by atoms with Crippen LogP contribution in [0.3, 0.4) is 0 Å². The van der Waals surface area contributed by atoms with E-state index in [0.717, 1.165) is 11.1 Å². The number of hydrogen-bond acceptors (Lipinski definition) is 4. The molecule has 2 unspecified atom stereocenters. The summed E-state index contributed by atoms with van der Waals surface area (Å²) in [4.78, 5) is 14.6. The summed E-state index contributed by atoms with van der Waals surface area (Å²) in [5, 5.41) is 12.9. The van der Waals surface area contributed by atoms with Gasteiger partial charge in [0, 0.05) is 12.8 Å². The van der Waals surface area contributed by atoms with Crippen molar-refractivity contribution in [1.29, 1.82) is 0 Å². The van der Waals surface area contributed by atoms with E-state index in [2.05, 4.69) is 43.9 Å². The van der Waals surface area contributed by atoms with Crippen molar-refractivity contribution in [2.45, 2.75) is 56.8 Å². The first-order valence-electron chi connectivity index (χ1n) is 10.7. The lowest BCUT2D eigenvalue weighted by atomic mass is 9.77. The van der Waals surface area contributed by atoms with Crippen molar-refractivity contribution >= 4 is 19.4 Å². The molecule has 1 N–H and O–H groups in total. The molecule has 30 heavy (non-hydrogen) atoms. The molecule has 2 aromatic rings. The number of fused-ring (bicyclic) bond motifs is 2. The molecule has 2 aliphatic heterocycles. The first-order chi connectivity index (χ1) is 14.3. The number of nitrogens with zero attached hydrogens (tertiary/aromatic N) is 1. The van der Waals surface area contributed by atoms with E-state index in [4.69, 9.17) is 9.47 Å². The minimum Gasteiger partial charge on any atom is -0.445 e. The molecule has 5 nitrogen and oxygen atoms in total. The summed E-state index contributed by atoms with van der Waals surface area (Å²) >= 11 is 0. The summed E-state index contributed by atoms with van der Waals surface area (Å²) < 4.78 is 11.3. The number of morpholine rings is 1. The Morgan fingerprint density at radius 2 is 1.67 bits per heavy atom. The fraction of sp³-hybridized carbons (Fsp3) is 0.458. The second-order valence-corrected chi connectivity index (χ2v) is 14.6. The molecule has 160 valence electrons. The van der Waals surface area contributed by atoms with Crippen molar-refractivity contribution in [2.24, 2.45) is 0 Å². The number of hydrogen-bond donors (Lipinski definition) is 1. The normalized spacial score (nSPS) is 26.3. The average Bonchev–Trinajstić information content (AvgIpc) is 2.71. The minimum atomic E-state index is -1.39. The van der Waals surface area contributed by atoms with E-state index in [-0.39, 0.29) is 24.8 Å². The number of rotatable bonds is 4. The second-order valence-electron chi connectivity index (χ2n) is 9.56. The largest absolute Gasteiger partial charge is 0.445 e. The van der Waals surface area contributed by atoms with Gasteiger partial charge in [-0.3, -0.25) is 4.90 Å². The average molecular weight is 426 g/mol. The van der Waals surface area contributed by atoms with E-state index >= 15 is 0 Å². The van der Waals surface area contributed by atoms with Crippen LogP contribution >= 0.6 is 0 Å². The zero-order chi connectivity index (χ0) is 21.4. The Balaban J connectivity index is 1.48. The third-order valence-electron chi connectivity index (χ3n) is 6.26. The van der Waals surface area contributed by atoms with Crippen LogP contribution in [0.1, 0.15) is 24.0 Å². The van der Waals surface area contributed by atoms with Gasteiger partial charge in [0.2, 0.25) is 0 Å². The zero-order valence-electron chi connectivity index (χ0n) is 18.0. The molecule has 0 spiro atoms. The van der Waals surface area contributed by atoms with E-state index < -0.39 is 13.7 Å². The predicted molar refractivity (Wildman–Crippen MR) is 119 cm³/mol. The second kappa shape index (κ2) is 8.17. The van der Waals surface area contributed by atoms with Gasteiger partial charge in [-0.1, -0.05) is 79.4 Å². The minimum absolute atomic E-state index is 0.192. The number of ether oxygens (including phenoxy) is 2. The molecule has 2 saturated heterocycles. The lowest BCUT2D eigenvalue weighted by molar-refractivity contribution is -0.136. The van der Waals surface area contributed by atoms with Crippen LogP contribution in [0.4, 0.5) is 4.79 Å². The highest BCUT2D eigenvalue weighted by atomic mass is 28.3. The molecule has 2 aromatic carbocycles. The van der Waals surface area contributed by atoms with Gasteiger partial charge in [-0.15, -0.1) is 0 Å². The number of aliphatic hydroxyl groups is 1. The van der Waals surface area contributed by atoms with Crippen molar-refractivity contribution in [3.8, 4) is 0 Å². The van der Waals surface area contributed by atoms with Gasteiger partial charge in [0.15, 0.2) is 0 Å². The van der Waals surface area contributed by atoms with Crippen LogP contribution in [-0.4, -0.2) is 49.5 Å². The topological polar surface area (TPSA) is 59.0 Å². The molecular formula is C24H31NO4Si. The molecule has 0 saturated carbocycles. The van der Waals surface area contributed by atoms with Crippen molar-refractivity contribution in [3.63, 3.8) is 0 Å². The summed E-state index contributed by atoms with van der Waals surface area (Å²) in [6.07, 6.45) is 0.584. The highest BCUT2D eigenvalue weighted by Crippen LogP contribution is 2.41. The van der Waals surface area contributed by atoms with Gasteiger partial charge in [-0.05, 0) is 11.1 Å². The lowest BCUT2D eigenvalue weighted by Gasteiger charge is -2.51. The zero-order valence-corrected chi connectivity index (χ0v) is 19.0. The molecule has 0 aliphatic carbocycles. The van der Waals surface area contributed by atoms with Crippen molar-refractivity contribution in [1.82, 2.24) is 4.90 Å². The summed E-state index contributed by atoms with van der Waals surface area (Å²) in [6, 6.07) is 17.7. The maximum absolute atomic E-state index is 12.9. The van der Waals surface area contributed by atoms with Crippen LogP contribution < -0.4 is 5.19 Å². The third-order valence-corrected chi connectivity index (χ3v) is 8.32. The van der Waals surface area contributed by atoms with Crippen molar-refractivity contribution in [3.05, 3.63) is 65.7 Å². The summed E-state index contributed by atoms with van der Waals surface area (Å²) in [6.45, 7) is 8.05. The van der Waals surface area contributed by atoms with Gasteiger partial charge in [0.25, 0.3) is 0 Å². The van der Waals surface area contributed by atoms with E-state index in [0.29, 0.717) is 26.1 Å². The van der Waals surface area contributed by atoms with Gasteiger partial charge in [0.05, 0.1) is 39.0 Å². The highest BCUT2D eigenvalue weighted by molar-refractivity contribution is 6.88. The fourth-order valence-corrected chi connectivity index (χ4v) is 5.75. The summed E-state index contributed by atoms with van der Waals surface area (Å²) in [7, 11) is -1.39. The van der Waals surface area contributed by atoms with E-state index in [1.54, 1.807) is 4.90 Å². The smallest absolute Gasteiger partial charge is 0.410 e. The Morgan fingerprint density at radius 1 is 1.07 bits per heavy atom. The molecule has 2 bridgehead atoms. The van der Waals surface area contributed by atoms with Crippen molar-refractivity contribution in [2.75, 3.05) is 13.2 Å². The monoisotopic (exact) mass is 425 g/mol. The Bertz CT molecular complexity index is 864. The molecule has 0 radical (unpaired) electrons. The Labute approximate surface area is 179 Å². The number of benzene rings is 2. The number of piperidine rings is 1. The van der Waals surface area contributed by atoms with Crippen LogP contribution in [-0.2, 0) is 21.7 Å². The quantitative estimate of drug-likeness (QED) is 0.760. The Hall–Kier alpha value is -2.15. The molecule has 2 atom stereocenters. The first-order valence-corrected chi connectivity index (χ1v) is 14.2. The van der Waals surface area contributed by atoms with Gasteiger partial charge in [-0.25, -0.2) is 4.79 Å². The lowest BCUT2D eigenvalue weighted by Crippen LogP contribution is -2.62. The van der Waals surface area contributed by atoms with Crippen LogP contribution in [0, 0.1) is 0 Å². The van der Waals surface area contributed by atoms with E-state index in [1.807, 2.05) is 30.3 Å². The Kier molecular flexibility index (Phi) is 5.75. The van der Waals surface area contributed by atoms with Crippen LogP contribution in [0.15, 0.2) is 54.6 Å². The van der Waals surface area contributed by atoms with Gasteiger partial charge >= 0.3 is 6.09 Å². The molecule has 6 heteroatoms. The highest BCUT2D eigenvalue weighted by Gasteiger charge is 2.49.